The average molecular weight is 454 g/mol. The molecule has 174 valence electrons. The van der Waals surface area contributed by atoms with E-state index in [1.807, 2.05) is 12.1 Å². The van der Waals surface area contributed by atoms with Gasteiger partial charge in [-0.2, -0.15) is 13.2 Å². The molecule has 0 bridgehead atoms. The minimum Gasteiger partial charge on any atom is -0.497 e. The molecule has 1 aliphatic heterocycles. The molecule has 0 aromatic heterocycles. The molecular formula is C22H25F3N2O5. The zero-order valence-electron chi connectivity index (χ0n) is 17.5. The molecule has 2 aromatic carbocycles. The van der Waals surface area contributed by atoms with Gasteiger partial charge in [0.15, 0.2) is 0 Å². The van der Waals surface area contributed by atoms with Crippen molar-refractivity contribution < 1.29 is 37.7 Å². The molecule has 0 aliphatic carbocycles. The van der Waals surface area contributed by atoms with E-state index >= 15 is 0 Å². The highest BCUT2D eigenvalue weighted by Crippen LogP contribution is 2.29. The summed E-state index contributed by atoms with van der Waals surface area (Å²) in [6.45, 7) is 5.32. The number of methoxy groups -OCH3 is 1. The van der Waals surface area contributed by atoms with Crippen molar-refractivity contribution >= 4 is 11.9 Å². The van der Waals surface area contributed by atoms with Gasteiger partial charge in [-0.3, -0.25) is 9.80 Å². The van der Waals surface area contributed by atoms with Gasteiger partial charge >= 0.3 is 18.1 Å². The molecule has 0 atom stereocenters. The Morgan fingerprint density at radius 1 is 0.812 bits per heavy atom. The first-order valence-corrected chi connectivity index (χ1v) is 9.78. The number of piperazine rings is 1. The summed E-state index contributed by atoms with van der Waals surface area (Å²) in [5.41, 5.74) is 1.58. The van der Waals surface area contributed by atoms with Crippen molar-refractivity contribution in [1.82, 2.24) is 9.80 Å². The predicted octanol–water partition coefficient (Wildman–Crippen LogP) is 3.19. The SMILES string of the molecule is COc1ccc(CN2CCN(Cc3ccc(C(F)(F)F)cc3)CC2)cc1.O=C(O)C(=O)O. The fourth-order valence-corrected chi connectivity index (χ4v) is 3.15. The van der Waals surface area contributed by atoms with E-state index in [2.05, 4.69) is 21.9 Å². The highest BCUT2D eigenvalue weighted by molar-refractivity contribution is 6.27. The largest absolute Gasteiger partial charge is 0.497 e. The van der Waals surface area contributed by atoms with Crippen LogP contribution in [0.15, 0.2) is 48.5 Å². The van der Waals surface area contributed by atoms with Crippen LogP contribution in [0.5, 0.6) is 5.75 Å². The number of benzene rings is 2. The van der Waals surface area contributed by atoms with Gasteiger partial charge in [0, 0.05) is 39.3 Å². The van der Waals surface area contributed by atoms with E-state index < -0.39 is 23.7 Å². The highest BCUT2D eigenvalue weighted by atomic mass is 19.4. The van der Waals surface area contributed by atoms with Crippen LogP contribution < -0.4 is 4.74 Å². The molecule has 1 fully saturated rings. The molecular weight excluding hydrogens is 429 g/mol. The lowest BCUT2D eigenvalue weighted by Crippen LogP contribution is -2.45. The molecule has 3 rings (SSSR count). The molecule has 0 saturated carbocycles. The monoisotopic (exact) mass is 454 g/mol. The van der Waals surface area contributed by atoms with E-state index in [1.54, 1.807) is 19.2 Å². The van der Waals surface area contributed by atoms with Crippen molar-refractivity contribution in [3.63, 3.8) is 0 Å². The molecule has 1 aliphatic rings. The summed E-state index contributed by atoms with van der Waals surface area (Å²) in [4.78, 5) is 22.9. The van der Waals surface area contributed by atoms with Crippen LogP contribution >= 0.6 is 0 Å². The maximum Gasteiger partial charge on any atom is 0.416 e. The van der Waals surface area contributed by atoms with Gasteiger partial charge in [-0.1, -0.05) is 24.3 Å². The van der Waals surface area contributed by atoms with Crippen molar-refractivity contribution in [2.45, 2.75) is 19.3 Å². The number of carboxylic acids is 2. The number of hydrogen-bond acceptors (Lipinski definition) is 5. The quantitative estimate of drug-likeness (QED) is 0.671. The summed E-state index contributed by atoms with van der Waals surface area (Å²) < 4.78 is 43.0. The van der Waals surface area contributed by atoms with Crippen molar-refractivity contribution in [2.75, 3.05) is 33.3 Å². The van der Waals surface area contributed by atoms with Crippen LogP contribution in [0.25, 0.3) is 0 Å². The Hall–Kier alpha value is -3.11. The molecule has 0 unspecified atom stereocenters. The second-order valence-electron chi connectivity index (χ2n) is 7.21. The Kier molecular flexibility index (Phi) is 9.03. The van der Waals surface area contributed by atoms with E-state index in [-0.39, 0.29) is 0 Å². The Balaban J connectivity index is 0.000000534. The highest BCUT2D eigenvalue weighted by Gasteiger charge is 2.30. The molecule has 10 heteroatoms. The van der Waals surface area contributed by atoms with Crippen molar-refractivity contribution in [3.8, 4) is 5.75 Å². The molecule has 7 nitrogen and oxygen atoms in total. The number of carbonyl (C=O) groups is 2. The summed E-state index contributed by atoms with van der Waals surface area (Å²) in [6, 6.07) is 13.6. The Morgan fingerprint density at radius 2 is 1.19 bits per heavy atom. The van der Waals surface area contributed by atoms with Crippen LogP contribution in [-0.4, -0.2) is 65.2 Å². The predicted molar refractivity (Wildman–Crippen MR) is 110 cm³/mol. The topological polar surface area (TPSA) is 90.3 Å². The molecule has 2 N–H and O–H groups in total. The number of carboxylic acid groups (broad SMARTS) is 2. The zero-order chi connectivity index (χ0) is 23.7. The average Bonchev–Trinajstić information content (AvgIpc) is 2.76. The fraction of sp³-hybridized carbons (Fsp3) is 0.364. The van der Waals surface area contributed by atoms with E-state index in [0.29, 0.717) is 6.54 Å². The number of aliphatic carboxylic acids is 2. The number of nitrogens with zero attached hydrogens (tertiary/aromatic N) is 2. The Labute approximate surface area is 183 Å². The number of ether oxygens (including phenoxy) is 1. The summed E-state index contributed by atoms with van der Waals surface area (Å²) in [5, 5.41) is 14.8. The second-order valence-corrected chi connectivity index (χ2v) is 7.21. The minimum atomic E-state index is -4.27. The van der Waals surface area contributed by atoms with Crippen molar-refractivity contribution in [3.05, 3.63) is 65.2 Å². The Bertz CT molecular complexity index is 866. The number of hydrogen-bond donors (Lipinski definition) is 2. The van der Waals surface area contributed by atoms with Crippen LogP contribution in [0, 0.1) is 0 Å². The first kappa shape index (κ1) is 25.2. The third kappa shape index (κ3) is 8.20. The van der Waals surface area contributed by atoms with E-state index in [4.69, 9.17) is 24.5 Å². The van der Waals surface area contributed by atoms with Gasteiger partial charge in [0.25, 0.3) is 0 Å². The van der Waals surface area contributed by atoms with E-state index in [1.165, 1.54) is 5.56 Å². The van der Waals surface area contributed by atoms with Crippen LogP contribution in [0.1, 0.15) is 16.7 Å². The third-order valence-corrected chi connectivity index (χ3v) is 4.90. The lowest BCUT2D eigenvalue weighted by molar-refractivity contribution is -0.159. The smallest absolute Gasteiger partial charge is 0.416 e. The van der Waals surface area contributed by atoms with Crippen LogP contribution in [0.3, 0.4) is 0 Å². The number of halogens is 3. The van der Waals surface area contributed by atoms with Gasteiger partial charge in [0.2, 0.25) is 0 Å². The van der Waals surface area contributed by atoms with Gasteiger partial charge < -0.3 is 14.9 Å². The molecule has 0 spiro atoms. The maximum absolute atomic E-state index is 12.6. The molecule has 2 aromatic rings. The van der Waals surface area contributed by atoms with Gasteiger partial charge in [-0.25, -0.2) is 9.59 Å². The fourth-order valence-electron chi connectivity index (χ4n) is 3.15. The van der Waals surface area contributed by atoms with Gasteiger partial charge in [-0.15, -0.1) is 0 Å². The minimum absolute atomic E-state index is 0.592. The molecule has 32 heavy (non-hydrogen) atoms. The van der Waals surface area contributed by atoms with E-state index in [0.717, 1.165) is 56.2 Å². The Morgan fingerprint density at radius 3 is 1.50 bits per heavy atom. The second kappa shape index (κ2) is 11.5. The molecule has 0 amide bonds. The standard InChI is InChI=1S/C20H23F3N2O.C2H2O4/c1-26-19-8-4-17(5-9-19)15-25-12-10-24(11-13-25)14-16-2-6-18(7-3-16)20(21,22)23;3-1(4)2(5)6/h2-9H,10-15H2,1H3;(H,3,4)(H,5,6). The maximum atomic E-state index is 12.6. The molecule has 1 heterocycles. The third-order valence-electron chi connectivity index (χ3n) is 4.90. The van der Waals surface area contributed by atoms with Crippen molar-refractivity contribution in [1.29, 1.82) is 0 Å². The first-order chi connectivity index (χ1) is 15.1. The number of rotatable bonds is 5. The normalized spacial score (nSPS) is 14.9. The summed E-state index contributed by atoms with van der Waals surface area (Å²) in [5.74, 6) is -2.79. The van der Waals surface area contributed by atoms with Gasteiger partial charge in [0.1, 0.15) is 5.75 Å². The number of alkyl halides is 3. The van der Waals surface area contributed by atoms with E-state index in [9.17, 15) is 13.2 Å². The van der Waals surface area contributed by atoms with Crippen LogP contribution in [-0.2, 0) is 28.9 Å². The lowest BCUT2D eigenvalue weighted by Gasteiger charge is -2.34. The van der Waals surface area contributed by atoms with Crippen LogP contribution in [0.2, 0.25) is 0 Å². The van der Waals surface area contributed by atoms with Crippen molar-refractivity contribution in [2.24, 2.45) is 0 Å². The van der Waals surface area contributed by atoms with Crippen LogP contribution in [0.4, 0.5) is 13.2 Å². The summed E-state index contributed by atoms with van der Waals surface area (Å²) in [6.07, 6.45) is -4.27. The summed E-state index contributed by atoms with van der Waals surface area (Å²) >= 11 is 0. The van der Waals surface area contributed by atoms with Gasteiger partial charge in [0.05, 0.1) is 12.7 Å². The molecule has 1 saturated heterocycles. The van der Waals surface area contributed by atoms with Gasteiger partial charge in [-0.05, 0) is 35.4 Å². The zero-order valence-corrected chi connectivity index (χ0v) is 17.5. The first-order valence-electron chi connectivity index (χ1n) is 9.78. The molecule has 0 radical (unpaired) electrons. The summed E-state index contributed by atoms with van der Waals surface area (Å²) in [7, 11) is 1.66. The lowest BCUT2D eigenvalue weighted by atomic mass is 10.1.